The lowest BCUT2D eigenvalue weighted by Gasteiger charge is -2.36. The quantitative estimate of drug-likeness (QED) is 0.527. The van der Waals surface area contributed by atoms with Crippen LogP contribution in [-0.4, -0.2) is 63.7 Å². The molecule has 3 fully saturated rings. The van der Waals surface area contributed by atoms with Crippen molar-refractivity contribution < 1.29 is 27.2 Å². The SMILES string of the molecule is C=S1(=O)O[C@@H]2[C@H](O1)[C@@H](O)CN1C(=O)OC[C@H]21. The molecule has 90 valence electrons. The number of hydrogen-bond donors (Lipinski definition) is 1. The van der Waals surface area contributed by atoms with Crippen LogP contribution in [0.5, 0.6) is 0 Å². The Morgan fingerprint density at radius 3 is 2.88 bits per heavy atom. The monoisotopic (exact) mass is 249 g/mol. The topological polar surface area (TPSA) is 85.3 Å². The molecule has 3 aliphatic heterocycles. The molecule has 0 spiro atoms. The van der Waals surface area contributed by atoms with Crippen molar-refractivity contribution in [3.63, 3.8) is 0 Å². The highest BCUT2D eigenvalue weighted by Crippen LogP contribution is 2.34. The number of aliphatic hydroxyl groups is 1. The molecule has 1 amide bonds. The Labute approximate surface area is 92.3 Å². The molecule has 0 saturated carbocycles. The predicted octanol–water partition coefficient (Wildman–Crippen LogP) is -1.49. The summed E-state index contributed by atoms with van der Waals surface area (Å²) >= 11 is 0. The van der Waals surface area contributed by atoms with Crippen molar-refractivity contribution in [1.29, 1.82) is 0 Å². The van der Waals surface area contributed by atoms with E-state index in [0.717, 1.165) is 0 Å². The van der Waals surface area contributed by atoms with Crippen LogP contribution < -0.4 is 0 Å². The molecule has 3 saturated heterocycles. The number of amides is 1. The van der Waals surface area contributed by atoms with Gasteiger partial charge in [0.05, 0.1) is 12.6 Å². The molecular formula is C8H11NO6S. The molecule has 3 heterocycles. The standard InChI is InChI=1S/C8H11NO6S/c1-16(12)14-6-4-3-13-8(11)9(4)2-5(10)7(6)15-16/h4-7,10H,1-3H2/t4-,5+,6+,7-,16?/m1/s1. The van der Waals surface area contributed by atoms with Crippen LogP contribution in [0, 0.1) is 0 Å². The Balaban J connectivity index is 1.94. The maximum absolute atomic E-state index is 11.6. The van der Waals surface area contributed by atoms with Gasteiger partial charge < -0.3 is 9.84 Å². The summed E-state index contributed by atoms with van der Waals surface area (Å²) in [6.07, 6.45) is -2.77. The molecular weight excluding hydrogens is 238 g/mol. The lowest BCUT2D eigenvalue weighted by molar-refractivity contribution is -0.0535. The number of hydrogen-bond acceptors (Lipinski definition) is 6. The van der Waals surface area contributed by atoms with Crippen LogP contribution in [0.1, 0.15) is 0 Å². The van der Waals surface area contributed by atoms with Crippen molar-refractivity contribution in [2.24, 2.45) is 0 Å². The second-order valence-electron chi connectivity index (χ2n) is 4.04. The molecule has 7 nitrogen and oxygen atoms in total. The van der Waals surface area contributed by atoms with E-state index in [4.69, 9.17) is 13.1 Å². The number of cyclic esters (lactones) is 1. The van der Waals surface area contributed by atoms with Gasteiger partial charge in [-0.15, -0.1) is 0 Å². The lowest BCUT2D eigenvalue weighted by Crippen LogP contribution is -2.59. The van der Waals surface area contributed by atoms with Gasteiger partial charge in [0.25, 0.3) is 0 Å². The summed E-state index contributed by atoms with van der Waals surface area (Å²) in [4.78, 5) is 12.7. The lowest BCUT2D eigenvalue weighted by atomic mass is 9.95. The van der Waals surface area contributed by atoms with E-state index >= 15 is 0 Å². The molecule has 1 N–H and O–H groups in total. The summed E-state index contributed by atoms with van der Waals surface area (Å²) in [6.45, 7) is 0.259. The summed E-state index contributed by atoms with van der Waals surface area (Å²) in [5, 5.41) is 9.77. The van der Waals surface area contributed by atoms with E-state index in [9.17, 15) is 14.1 Å². The van der Waals surface area contributed by atoms with Gasteiger partial charge in [-0.05, 0) is 0 Å². The molecule has 16 heavy (non-hydrogen) atoms. The highest BCUT2D eigenvalue weighted by molar-refractivity contribution is 7.91. The summed E-state index contributed by atoms with van der Waals surface area (Å²) in [5.74, 6) is 3.29. The Bertz CT molecular complexity index is 434. The van der Waals surface area contributed by atoms with Gasteiger partial charge >= 0.3 is 6.09 Å². The van der Waals surface area contributed by atoms with Crippen LogP contribution in [0.2, 0.25) is 0 Å². The Morgan fingerprint density at radius 1 is 1.44 bits per heavy atom. The number of nitrogens with zero attached hydrogens (tertiary/aromatic N) is 1. The minimum absolute atomic E-state index is 0.101. The van der Waals surface area contributed by atoms with Gasteiger partial charge in [-0.1, -0.05) is 0 Å². The Morgan fingerprint density at radius 2 is 2.12 bits per heavy atom. The van der Waals surface area contributed by atoms with Crippen molar-refractivity contribution in [3.05, 3.63) is 0 Å². The van der Waals surface area contributed by atoms with Crippen molar-refractivity contribution in [2.75, 3.05) is 13.2 Å². The van der Waals surface area contributed by atoms with Crippen LogP contribution in [0.15, 0.2) is 0 Å². The maximum atomic E-state index is 11.6. The molecule has 0 aromatic carbocycles. The number of carbonyl (C=O) groups excluding carboxylic acids is 1. The molecule has 3 rings (SSSR count). The molecule has 0 bridgehead atoms. The number of aliphatic hydroxyl groups excluding tert-OH is 1. The molecule has 1 unspecified atom stereocenters. The van der Waals surface area contributed by atoms with Gasteiger partial charge in [-0.3, -0.25) is 13.3 Å². The molecule has 5 atom stereocenters. The van der Waals surface area contributed by atoms with E-state index in [2.05, 4.69) is 5.87 Å². The van der Waals surface area contributed by atoms with E-state index in [1.54, 1.807) is 0 Å². The van der Waals surface area contributed by atoms with Crippen LogP contribution in [0.3, 0.4) is 0 Å². The second kappa shape index (κ2) is 3.10. The third-order valence-electron chi connectivity index (χ3n) is 2.99. The number of carbonyl (C=O) groups is 1. The fourth-order valence-electron chi connectivity index (χ4n) is 2.29. The first kappa shape index (κ1) is 10.3. The minimum atomic E-state index is -3.07. The summed E-state index contributed by atoms with van der Waals surface area (Å²) < 4.78 is 26.6. The molecule has 0 aromatic heterocycles. The minimum Gasteiger partial charge on any atom is -0.447 e. The number of rotatable bonds is 0. The number of fused-ring (bicyclic) bond motifs is 3. The van der Waals surface area contributed by atoms with Crippen LogP contribution >= 0.6 is 0 Å². The summed E-state index contributed by atoms with van der Waals surface area (Å²) in [6, 6.07) is -0.356. The number of piperidine rings is 1. The highest BCUT2D eigenvalue weighted by Gasteiger charge is 2.55. The smallest absolute Gasteiger partial charge is 0.410 e. The van der Waals surface area contributed by atoms with Gasteiger partial charge in [-0.2, -0.15) is 0 Å². The Hall–Kier alpha value is -0.830. The van der Waals surface area contributed by atoms with Crippen molar-refractivity contribution in [3.8, 4) is 0 Å². The van der Waals surface area contributed by atoms with E-state index < -0.39 is 34.5 Å². The van der Waals surface area contributed by atoms with Gasteiger partial charge in [0, 0.05) is 5.87 Å². The zero-order valence-corrected chi connectivity index (χ0v) is 9.09. The molecule has 8 heteroatoms. The fourth-order valence-corrected chi connectivity index (χ4v) is 3.49. The van der Waals surface area contributed by atoms with Gasteiger partial charge in [0.2, 0.25) is 0 Å². The summed E-state index contributed by atoms with van der Waals surface area (Å²) in [5.41, 5.74) is 0. The van der Waals surface area contributed by atoms with E-state index in [1.165, 1.54) is 4.90 Å². The maximum Gasteiger partial charge on any atom is 0.410 e. The number of ether oxygens (including phenoxy) is 1. The first-order valence-electron chi connectivity index (χ1n) is 4.83. The van der Waals surface area contributed by atoms with Crippen molar-refractivity contribution in [2.45, 2.75) is 24.4 Å². The largest absolute Gasteiger partial charge is 0.447 e. The van der Waals surface area contributed by atoms with Gasteiger partial charge in [-0.25, -0.2) is 9.00 Å². The highest BCUT2D eigenvalue weighted by atomic mass is 32.2. The second-order valence-corrected chi connectivity index (χ2v) is 5.54. The van der Waals surface area contributed by atoms with E-state index in [-0.39, 0.29) is 19.2 Å². The van der Waals surface area contributed by atoms with Crippen LogP contribution in [-0.2, 0) is 23.2 Å². The third-order valence-corrected chi connectivity index (χ3v) is 4.02. The van der Waals surface area contributed by atoms with Crippen molar-refractivity contribution in [1.82, 2.24) is 4.90 Å². The van der Waals surface area contributed by atoms with Crippen LogP contribution in [0.25, 0.3) is 0 Å². The molecule has 3 aliphatic rings. The van der Waals surface area contributed by atoms with Gasteiger partial charge in [0.15, 0.2) is 10.1 Å². The normalized spacial score (nSPS) is 51.1. The predicted molar refractivity (Wildman–Crippen MR) is 52.9 cm³/mol. The first-order chi connectivity index (χ1) is 7.48. The Kier molecular flexibility index (Phi) is 2.00. The van der Waals surface area contributed by atoms with Crippen LogP contribution in [0.4, 0.5) is 4.79 Å². The molecule has 0 aromatic rings. The van der Waals surface area contributed by atoms with E-state index in [1.807, 2.05) is 0 Å². The van der Waals surface area contributed by atoms with Gasteiger partial charge in [0.1, 0.15) is 24.9 Å². The zero-order chi connectivity index (χ0) is 11.5. The summed E-state index contributed by atoms with van der Waals surface area (Å²) in [7, 11) is -3.07. The van der Waals surface area contributed by atoms with Crippen molar-refractivity contribution >= 4 is 22.0 Å². The average molecular weight is 249 g/mol. The zero-order valence-electron chi connectivity index (χ0n) is 8.27. The molecule has 0 aliphatic carbocycles. The molecule has 0 radical (unpaired) electrons. The third kappa shape index (κ3) is 1.34. The fraction of sp³-hybridized carbons (Fsp3) is 0.750. The average Bonchev–Trinajstić information content (AvgIpc) is 2.68. The first-order valence-corrected chi connectivity index (χ1v) is 6.41. The van der Waals surface area contributed by atoms with E-state index in [0.29, 0.717) is 0 Å².